The van der Waals surface area contributed by atoms with Gasteiger partial charge in [0.1, 0.15) is 34.5 Å². The normalized spacial score (nSPS) is 20.4. The molecule has 0 aromatic heterocycles. The molecule has 6 aliphatic rings. The Hall–Kier alpha value is -6.65. The molecule has 3 N–H and O–H groups in total. The molecular weight excluding hydrogens is 1530 g/mol. The van der Waals surface area contributed by atoms with Gasteiger partial charge in [0.05, 0.1) is 60.7 Å². The predicted molar refractivity (Wildman–Crippen MR) is 376 cm³/mol. The van der Waals surface area contributed by atoms with Gasteiger partial charge in [0.2, 0.25) is 0 Å². The minimum atomic E-state index is -4.85. The molecule has 0 amide bonds. The van der Waals surface area contributed by atoms with E-state index in [-0.39, 0.29) is 92.3 Å². The van der Waals surface area contributed by atoms with E-state index >= 15 is 0 Å². The third kappa shape index (κ3) is 25.4. The number of nitrogens with zero attached hydrogens (tertiary/aromatic N) is 3. The number of alkyl halides is 18. The fourth-order valence-corrected chi connectivity index (χ4v) is 15.6. The van der Waals surface area contributed by atoms with E-state index in [2.05, 4.69) is 24.0 Å². The number of hydrogen-bond donors (Lipinski definition) is 3. The Morgan fingerprint density at radius 3 is 0.964 bits per heavy atom. The number of piperidine rings is 3. The fourth-order valence-electron chi connectivity index (χ4n) is 15.6. The van der Waals surface area contributed by atoms with Crippen molar-refractivity contribution >= 4 is 14.2 Å². The molecule has 3 saturated carbocycles. The number of aliphatic hydroxyl groups is 3. The number of hydrogen-bond acceptors (Lipinski definition) is 13. The number of rotatable bonds is 24. The summed E-state index contributed by atoms with van der Waals surface area (Å²) in [7, 11) is 1.00. The Morgan fingerprint density at radius 2 is 0.688 bits per heavy atom. The SMILES string of the molecule is CO.O=C(CN1CCC[C@@H](COc2ccc(C(F)(F)F)cc2)C1)C1(c2ccccc2OC(F)(F)F)CCC1.O[C@@H](CN1CCC[C@@H](COc2ccc(C(F)(F)F)cc2)C1)C1(c2ccccc2OC(F)(F)F)CCC1.O[C@H](CN1CCC[C@@H](COc2ccc(C(F)(F)F)cc2)C1)C1(c2ccccc2OC(F)(F)F)CCC1.[B].[H-].[Na+]. The van der Waals surface area contributed by atoms with Gasteiger partial charge in [-0.25, -0.2) is 0 Å². The molecule has 112 heavy (non-hydrogen) atoms. The quantitative estimate of drug-likeness (QED) is 0.0391. The van der Waals surface area contributed by atoms with Crippen molar-refractivity contribution < 1.29 is 159 Å². The van der Waals surface area contributed by atoms with Crippen LogP contribution in [0.3, 0.4) is 0 Å². The van der Waals surface area contributed by atoms with Crippen LogP contribution in [0, 0.1) is 17.8 Å². The zero-order valence-corrected chi connectivity index (χ0v) is 63.8. The van der Waals surface area contributed by atoms with Crippen molar-refractivity contribution in [1.82, 2.24) is 14.7 Å². The summed E-state index contributed by atoms with van der Waals surface area (Å²) in [6, 6.07) is 31.5. The molecule has 33 heteroatoms. The summed E-state index contributed by atoms with van der Waals surface area (Å²) in [5, 5.41) is 29.5. The van der Waals surface area contributed by atoms with Crippen LogP contribution >= 0.6 is 0 Å². The summed E-state index contributed by atoms with van der Waals surface area (Å²) in [6.45, 7) is 5.62. The first-order valence-corrected chi connectivity index (χ1v) is 36.4. The Morgan fingerprint density at radius 1 is 0.411 bits per heavy atom. The molecule has 12 rings (SSSR count). The molecule has 611 valence electrons. The van der Waals surface area contributed by atoms with Crippen LogP contribution in [0.15, 0.2) is 146 Å². The number of para-hydroxylation sites is 3. The van der Waals surface area contributed by atoms with Gasteiger partial charge in [0.25, 0.3) is 0 Å². The van der Waals surface area contributed by atoms with Crippen LogP contribution in [0.1, 0.15) is 131 Å². The fraction of sp³-hybridized carbons (Fsp3) is 0.532. The minimum Gasteiger partial charge on any atom is -1.00 e. The molecule has 13 nitrogen and oxygen atoms in total. The van der Waals surface area contributed by atoms with Gasteiger partial charge in [-0.2, -0.15) is 39.5 Å². The second kappa shape index (κ2) is 39.8. The average Bonchev–Trinajstić information content (AvgIpc) is 0.760. The Balaban J connectivity index is 0.000000258. The molecule has 6 fully saturated rings. The first kappa shape index (κ1) is 92.5. The van der Waals surface area contributed by atoms with Gasteiger partial charge in [-0.1, -0.05) is 73.9 Å². The maximum absolute atomic E-state index is 13.4. The molecule has 3 saturated heterocycles. The van der Waals surface area contributed by atoms with Crippen molar-refractivity contribution in [2.24, 2.45) is 17.8 Å². The van der Waals surface area contributed by atoms with Gasteiger partial charge in [-0.15, -0.1) is 39.5 Å². The number of ether oxygens (including phenoxy) is 6. The van der Waals surface area contributed by atoms with E-state index in [4.69, 9.17) is 19.3 Å². The van der Waals surface area contributed by atoms with Gasteiger partial charge in [0.15, 0.2) is 5.78 Å². The molecule has 0 unspecified atom stereocenters. The summed E-state index contributed by atoms with van der Waals surface area (Å²) in [4.78, 5) is 19.6. The van der Waals surface area contributed by atoms with E-state index in [1.165, 1.54) is 78.9 Å². The summed E-state index contributed by atoms with van der Waals surface area (Å²) < 4.78 is 261. The summed E-state index contributed by atoms with van der Waals surface area (Å²) in [6.07, 6.45) is -18.8. The number of Topliss-reactive ketones (excluding diaryl/α,β-unsaturated/α-hetero) is 1. The maximum atomic E-state index is 13.4. The zero-order valence-electron chi connectivity index (χ0n) is 62.8. The summed E-state index contributed by atoms with van der Waals surface area (Å²) in [5.41, 5.74) is -3.79. The first-order chi connectivity index (χ1) is 51.9. The van der Waals surface area contributed by atoms with E-state index in [0.717, 1.165) is 114 Å². The van der Waals surface area contributed by atoms with Crippen LogP contribution in [-0.4, -0.2) is 161 Å². The average molecular weight is 1620 g/mol. The molecule has 5 atom stereocenters. The topological polar surface area (TPSA) is 143 Å². The standard InChI is InChI=1S/2C26H29F6NO3.C26H27F6NO3.CH4O.B.Na.H/c3*27-25(28,29)19-8-10-20(11-9-19)35-17-18-5-3-14-33(15-18)16-23(34)24(12-4-13-24)21-6-1-2-7-22(21)36-26(30,31)32;1-2;;;/h2*1-2,6-11,18,23,34H,3-5,12-17H2;1-2,6-11,18H,3-5,12-17H2;2H,1H3;;;/q;;;;;+1;-1/t18-,23+;18-,23-;18-;;;;/m111..../s1. The smallest absolute Gasteiger partial charge is 1.00 e. The minimum absolute atomic E-state index is 0. The van der Waals surface area contributed by atoms with Crippen molar-refractivity contribution in [3.63, 3.8) is 0 Å². The second-order valence-corrected chi connectivity index (χ2v) is 28.8. The van der Waals surface area contributed by atoms with Gasteiger partial charge in [-0.3, -0.25) is 9.69 Å². The van der Waals surface area contributed by atoms with E-state index < -0.39 is 82.8 Å². The molecule has 3 aliphatic carbocycles. The number of carbonyl (C=O) groups is 1. The van der Waals surface area contributed by atoms with E-state index in [0.29, 0.717) is 126 Å². The van der Waals surface area contributed by atoms with Crippen LogP contribution < -0.4 is 58.0 Å². The molecule has 3 radical (unpaired) electrons. The number of β-amino-alcohol motifs (C(OH)–C–C–N with tert-alkyl or cyclic N) is 2. The predicted octanol–water partition coefficient (Wildman–Crippen LogP) is 15.1. The first-order valence-electron chi connectivity index (χ1n) is 36.4. The van der Waals surface area contributed by atoms with Crippen molar-refractivity contribution in [3.8, 4) is 34.5 Å². The van der Waals surface area contributed by atoms with Crippen LogP contribution in [0.2, 0.25) is 0 Å². The maximum Gasteiger partial charge on any atom is 1.00 e. The third-order valence-corrected chi connectivity index (χ3v) is 21.5. The number of aliphatic hydroxyl groups excluding tert-OH is 3. The van der Waals surface area contributed by atoms with Crippen LogP contribution in [0.5, 0.6) is 34.5 Å². The molecule has 3 aliphatic heterocycles. The monoisotopic (exact) mass is 1620 g/mol. The number of likely N-dealkylation sites (tertiary alicyclic amines) is 3. The molecule has 0 spiro atoms. The number of carbonyl (C=O) groups excluding carboxylic acids is 1. The Bertz CT molecular complexity index is 3710. The van der Waals surface area contributed by atoms with Gasteiger partial charge < -0.3 is 55.0 Å². The number of halogens is 18. The van der Waals surface area contributed by atoms with Crippen molar-refractivity contribution in [2.75, 3.05) is 85.8 Å². The Labute approximate surface area is 663 Å². The molecule has 6 aromatic rings. The second-order valence-electron chi connectivity index (χ2n) is 28.8. The largest absolute Gasteiger partial charge is 1.00 e. The van der Waals surface area contributed by atoms with Crippen molar-refractivity contribution in [2.45, 2.75) is 162 Å². The van der Waals surface area contributed by atoms with Crippen LogP contribution in [-0.2, 0) is 39.6 Å². The van der Waals surface area contributed by atoms with E-state index in [9.17, 15) is 94.0 Å². The van der Waals surface area contributed by atoms with Crippen molar-refractivity contribution in [1.29, 1.82) is 0 Å². The van der Waals surface area contributed by atoms with E-state index in [1.807, 2.05) is 4.90 Å². The third-order valence-electron chi connectivity index (χ3n) is 21.5. The molecular formula is C79H90BF18N3NaO10. The number of benzene rings is 6. The Kier molecular flexibility index (Phi) is 32.9. The van der Waals surface area contributed by atoms with Crippen molar-refractivity contribution in [3.05, 3.63) is 179 Å². The molecule has 6 aromatic carbocycles. The summed E-state index contributed by atoms with van der Waals surface area (Å²) in [5.74, 6) is 0.353. The number of ketones is 1. The van der Waals surface area contributed by atoms with Crippen LogP contribution in [0.25, 0.3) is 0 Å². The zero-order chi connectivity index (χ0) is 79.9. The van der Waals surface area contributed by atoms with Gasteiger partial charge in [-0.05, 0) is 188 Å². The van der Waals surface area contributed by atoms with E-state index in [1.54, 1.807) is 30.3 Å². The van der Waals surface area contributed by atoms with Gasteiger partial charge in [0, 0.05) is 93.5 Å². The molecule has 0 bridgehead atoms. The van der Waals surface area contributed by atoms with Crippen LogP contribution in [0.4, 0.5) is 79.0 Å². The van der Waals surface area contributed by atoms with Gasteiger partial charge >= 0.3 is 67.2 Å². The molecule has 3 heterocycles. The summed E-state index contributed by atoms with van der Waals surface area (Å²) >= 11 is 0.